The number of carbonyl (C=O) groups excluding carboxylic acids is 1. The number of nitrogens with zero attached hydrogens (tertiary/aromatic N) is 3. The van der Waals surface area contributed by atoms with E-state index in [4.69, 9.17) is 5.11 Å². The molecule has 0 aromatic carbocycles. The first kappa shape index (κ1) is 12.3. The van der Waals surface area contributed by atoms with Crippen LogP contribution in [0.4, 0.5) is 5.82 Å². The molecule has 0 radical (unpaired) electrons. The summed E-state index contributed by atoms with van der Waals surface area (Å²) in [4.78, 5) is 19.7. The smallest absolute Gasteiger partial charge is 0.330 e. The Kier molecular flexibility index (Phi) is 3.42. The second-order valence-corrected chi connectivity index (χ2v) is 3.79. The van der Waals surface area contributed by atoms with Crippen LogP contribution in [0, 0.1) is 0 Å². The molecule has 1 unspecified atom stereocenters. The Labute approximate surface area is 103 Å². The van der Waals surface area contributed by atoms with Gasteiger partial charge < -0.3 is 19.7 Å². The third-order valence-electron chi connectivity index (χ3n) is 2.62. The van der Waals surface area contributed by atoms with Crippen LogP contribution < -0.4 is 5.32 Å². The molecule has 2 heterocycles. The van der Waals surface area contributed by atoms with E-state index in [1.165, 1.54) is 7.11 Å². The van der Waals surface area contributed by atoms with E-state index in [1.54, 1.807) is 12.5 Å². The minimum atomic E-state index is -0.852. The first-order chi connectivity index (χ1) is 8.67. The normalized spacial score (nSPS) is 12.4. The van der Waals surface area contributed by atoms with Gasteiger partial charge in [0.2, 0.25) is 0 Å². The number of aromatic nitrogens is 3. The molecule has 2 aromatic heterocycles. The minimum Gasteiger partial charge on any atom is -0.467 e. The number of carbonyl (C=O) groups is 1. The standard InChI is InChI=1S/C11H14N4O3/c1-15-6-13-9-8(15)3-4-12-10(9)14-7(5-16)11(17)18-2/h3-4,6-7,16H,5H2,1-2H3,(H,12,14). The molecule has 2 aromatic rings. The van der Waals surface area contributed by atoms with Gasteiger partial charge in [-0.05, 0) is 6.07 Å². The monoisotopic (exact) mass is 250 g/mol. The quantitative estimate of drug-likeness (QED) is 0.737. The molecule has 0 aliphatic heterocycles. The molecule has 1 atom stereocenters. The number of methoxy groups -OCH3 is 1. The number of hydrogen-bond donors (Lipinski definition) is 2. The molecular weight excluding hydrogens is 236 g/mol. The maximum atomic E-state index is 11.4. The molecule has 0 saturated carbocycles. The van der Waals surface area contributed by atoms with Crippen LogP contribution in [-0.4, -0.2) is 45.4 Å². The predicted octanol–water partition coefficient (Wildman–Crippen LogP) is -0.0859. The summed E-state index contributed by atoms with van der Waals surface area (Å²) in [5, 5.41) is 12.0. The molecule has 0 amide bonds. The number of rotatable bonds is 4. The molecule has 0 aliphatic carbocycles. The Morgan fingerprint density at radius 3 is 3.06 bits per heavy atom. The molecule has 0 aliphatic rings. The first-order valence-electron chi connectivity index (χ1n) is 5.38. The van der Waals surface area contributed by atoms with Crippen LogP contribution in [0.3, 0.4) is 0 Å². The van der Waals surface area contributed by atoms with Crippen molar-refractivity contribution in [2.45, 2.75) is 6.04 Å². The van der Waals surface area contributed by atoms with Gasteiger partial charge in [-0.25, -0.2) is 14.8 Å². The zero-order valence-corrected chi connectivity index (χ0v) is 10.1. The molecular formula is C11H14N4O3. The van der Waals surface area contributed by atoms with Crippen molar-refractivity contribution in [3.8, 4) is 0 Å². The van der Waals surface area contributed by atoms with Crippen molar-refractivity contribution in [1.82, 2.24) is 14.5 Å². The van der Waals surface area contributed by atoms with Crippen LogP contribution in [0.5, 0.6) is 0 Å². The molecule has 2 N–H and O–H groups in total. The van der Waals surface area contributed by atoms with E-state index >= 15 is 0 Å². The molecule has 0 spiro atoms. The van der Waals surface area contributed by atoms with Gasteiger partial charge in [0.25, 0.3) is 0 Å². The van der Waals surface area contributed by atoms with Gasteiger partial charge in [0.05, 0.1) is 25.6 Å². The number of esters is 1. The SMILES string of the molecule is COC(=O)C(CO)Nc1nccc2c1ncn2C. The van der Waals surface area contributed by atoms with Gasteiger partial charge >= 0.3 is 5.97 Å². The van der Waals surface area contributed by atoms with E-state index in [2.05, 4.69) is 20.0 Å². The number of fused-ring (bicyclic) bond motifs is 1. The lowest BCUT2D eigenvalue weighted by Gasteiger charge is -2.14. The van der Waals surface area contributed by atoms with Crippen LogP contribution >= 0.6 is 0 Å². The van der Waals surface area contributed by atoms with Crippen molar-refractivity contribution in [3.05, 3.63) is 18.6 Å². The third-order valence-corrected chi connectivity index (χ3v) is 2.62. The Morgan fingerprint density at radius 1 is 1.61 bits per heavy atom. The molecule has 0 saturated heterocycles. The Hall–Kier alpha value is -2.15. The van der Waals surface area contributed by atoms with Gasteiger partial charge in [-0.3, -0.25) is 0 Å². The Morgan fingerprint density at radius 2 is 2.39 bits per heavy atom. The van der Waals surface area contributed by atoms with Gasteiger partial charge in [-0.1, -0.05) is 0 Å². The maximum Gasteiger partial charge on any atom is 0.330 e. The summed E-state index contributed by atoms with van der Waals surface area (Å²) in [5.41, 5.74) is 1.52. The number of aliphatic hydroxyl groups is 1. The lowest BCUT2D eigenvalue weighted by Crippen LogP contribution is -2.34. The van der Waals surface area contributed by atoms with E-state index in [-0.39, 0.29) is 6.61 Å². The average molecular weight is 250 g/mol. The molecule has 0 fully saturated rings. The Bertz CT molecular complexity index is 566. The second kappa shape index (κ2) is 5.01. The van der Waals surface area contributed by atoms with Gasteiger partial charge in [0, 0.05) is 13.2 Å². The number of ether oxygens (including phenoxy) is 1. The zero-order chi connectivity index (χ0) is 13.1. The molecule has 2 rings (SSSR count). The highest BCUT2D eigenvalue weighted by molar-refractivity contribution is 5.88. The number of imidazole rings is 1. The molecule has 96 valence electrons. The van der Waals surface area contributed by atoms with Crippen LogP contribution in [0.1, 0.15) is 0 Å². The number of aliphatic hydroxyl groups excluding tert-OH is 1. The molecule has 7 nitrogen and oxygen atoms in total. The summed E-state index contributed by atoms with van der Waals surface area (Å²) in [6, 6.07) is 0.967. The van der Waals surface area contributed by atoms with E-state index < -0.39 is 12.0 Å². The van der Waals surface area contributed by atoms with Crippen molar-refractivity contribution < 1.29 is 14.6 Å². The summed E-state index contributed by atoms with van der Waals surface area (Å²) in [5.74, 6) is -0.107. The minimum absolute atomic E-state index is 0.377. The highest BCUT2D eigenvalue weighted by Crippen LogP contribution is 2.19. The van der Waals surface area contributed by atoms with E-state index in [9.17, 15) is 4.79 Å². The fourth-order valence-electron chi connectivity index (χ4n) is 1.65. The van der Waals surface area contributed by atoms with E-state index in [0.29, 0.717) is 11.3 Å². The summed E-state index contributed by atoms with van der Waals surface area (Å²) >= 11 is 0. The van der Waals surface area contributed by atoms with Crippen LogP contribution in [0.25, 0.3) is 11.0 Å². The van der Waals surface area contributed by atoms with Gasteiger partial charge in [-0.15, -0.1) is 0 Å². The number of anilines is 1. The van der Waals surface area contributed by atoms with Gasteiger partial charge in [0.15, 0.2) is 5.82 Å². The van der Waals surface area contributed by atoms with Crippen molar-refractivity contribution in [3.63, 3.8) is 0 Å². The summed E-state index contributed by atoms with van der Waals surface area (Å²) in [6.07, 6.45) is 3.27. The van der Waals surface area contributed by atoms with Crippen molar-refractivity contribution >= 4 is 22.8 Å². The number of pyridine rings is 1. The summed E-state index contributed by atoms with van der Waals surface area (Å²) < 4.78 is 6.42. The predicted molar refractivity (Wildman–Crippen MR) is 65.0 cm³/mol. The van der Waals surface area contributed by atoms with Gasteiger partial charge in [0.1, 0.15) is 11.6 Å². The number of hydrogen-bond acceptors (Lipinski definition) is 6. The fourth-order valence-corrected chi connectivity index (χ4v) is 1.65. The zero-order valence-electron chi connectivity index (χ0n) is 10.1. The van der Waals surface area contributed by atoms with E-state index in [1.807, 2.05) is 17.7 Å². The molecule has 18 heavy (non-hydrogen) atoms. The largest absolute Gasteiger partial charge is 0.467 e. The fraction of sp³-hybridized carbons (Fsp3) is 0.364. The average Bonchev–Trinajstić information content (AvgIpc) is 2.78. The van der Waals surface area contributed by atoms with Crippen molar-refractivity contribution in [2.75, 3.05) is 19.0 Å². The van der Waals surface area contributed by atoms with Crippen LogP contribution in [0.15, 0.2) is 18.6 Å². The highest BCUT2D eigenvalue weighted by Gasteiger charge is 2.20. The lowest BCUT2D eigenvalue weighted by atomic mass is 10.3. The number of nitrogens with one attached hydrogen (secondary N) is 1. The number of aryl methyl sites for hydroxylation is 1. The van der Waals surface area contributed by atoms with E-state index in [0.717, 1.165) is 5.52 Å². The Balaban J connectivity index is 2.33. The topological polar surface area (TPSA) is 89.3 Å². The lowest BCUT2D eigenvalue weighted by molar-refractivity contribution is -0.142. The van der Waals surface area contributed by atoms with Crippen molar-refractivity contribution in [1.29, 1.82) is 0 Å². The van der Waals surface area contributed by atoms with Crippen molar-refractivity contribution in [2.24, 2.45) is 7.05 Å². The maximum absolute atomic E-state index is 11.4. The first-order valence-corrected chi connectivity index (χ1v) is 5.38. The van der Waals surface area contributed by atoms with Gasteiger partial charge in [-0.2, -0.15) is 0 Å². The molecule has 7 heteroatoms. The van der Waals surface area contributed by atoms with Crippen LogP contribution in [0.2, 0.25) is 0 Å². The summed E-state index contributed by atoms with van der Waals surface area (Å²) in [7, 11) is 3.13. The highest BCUT2D eigenvalue weighted by atomic mass is 16.5. The third kappa shape index (κ3) is 2.12. The second-order valence-electron chi connectivity index (χ2n) is 3.79. The molecule has 0 bridgehead atoms. The summed E-state index contributed by atoms with van der Waals surface area (Å²) in [6.45, 7) is -0.377. The van der Waals surface area contributed by atoms with Crippen LogP contribution in [-0.2, 0) is 16.6 Å².